The molecule has 14 nitrogen and oxygen atoms in total. The lowest BCUT2D eigenvalue weighted by Gasteiger charge is -2.53. The molecule has 0 spiro atoms. The van der Waals surface area contributed by atoms with Crippen LogP contribution in [0.25, 0.3) is 55.3 Å². The third-order valence-corrected chi connectivity index (χ3v) is 11.5. The molecule has 0 saturated carbocycles. The summed E-state index contributed by atoms with van der Waals surface area (Å²) in [6.45, 7) is 1.38. The first-order valence-electron chi connectivity index (χ1n) is 19.1. The Morgan fingerprint density at radius 1 is 0.948 bits per heavy atom. The predicted molar refractivity (Wildman–Crippen MR) is 216 cm³/mol. The smallest absolute Gasteiger partial charge is 0.328 e. The van der Waals surface area contributed by atoms with Gasteiger partial charge in [-0.15, -0.1) is 0 Å². The normalized spacial score (nSPS) is 18.9. The van der Waals surface area contributed by atoms with Crippen molar-refractivity contribution in [1.82, 2.24) is 34.7 Å². The molecule has 2 aromatic carbocycles. The second kappa shape index (κ2) is 13.8. The number of piperidine rings is 1. The summed E-state index contributed by atoms with van der Waals surface area (Å²) in [5, 5.41) is 7.84. The number of aryl methyl sites for hydroxylation is 2. The highest BCUT2D eigenvalue weighted by Crippen LogP contribution is 2.41. The van der Waals surface area contributed by atoms with Gasteiger partial charge in [0, 0.05) is 65.9 Å². The van der Waals surface area contributed by atoms with E-state index in [1.54, 1.807) is 47.8 Å². The molecule has 14 heteroatoms. The van der Waals surface area contributed by atoms with Crippen molar-refractivity contribution in [2.45, 2.75) is 37.3 Å². The molecular formula is C44H36N8O6. The molecule has 3 saturated heterocycles. The maximum Gasteiger partial charge on any atom is 0.328 e. The number of pyridine rings is 3. The Kier molecular flexibility index (Phi) is 8.41. The monoisotopic (exact) mass is 772 g/mol. The molecule has 0 radical (unpaired) electrons. The number of hydrogen-bond acceptors (Lipinski definition) is 10. The zero-order chi connectivity index (χ0) is 39.7. The average molecular weight is 773 g/mol. The Balaban J connectivity index is 0.853. The molecule has 3 amide bonds. The molecule has 5 aromatic heterocycles. The lowest BCUT2D eigenvalue weighted by atomic mass is 9.90. The summed E-state index contributed by atoms with van der Waals surface area (Å²) in [5.74, 6) is 5.41. The van der Waals surface area contributed by atoms with Crippen LogP contribution >= 0.6 is 0 Å². The topological polar surface area (TPSA) is 166 Å². The Morgan fingerprint density at radius 2 is 1.81 bits per heavy atom. The van der Waals surface area contributed by atoms with E-state index in [1.807, 2.05) is 54.7 Å². The summed E-state index contributed by atoms with van der Waals surface area (Å²) in [7, 11) is 3.59. The van der Waals surface area contributed by atoms with Crippen LogP contribution in [0.5, 0.6) is 0 Å². The van der Waals surface area contributed by atoms with Gasteiger partial charge in [0.1, 0.15) is 16.8 Å². The largest absolute Gasteiger partial charge is 0.464 e. The number of rotatable bonds is 6. The molecule has 7 aromatic rings. The number of fused-ring (bicyclic) bond motifs is 5. The van der Waals surface area contributed by atoms with E-state index in [9.17, 15) is 19.2 Å². The van der Waals surface area contributed by atoms with Crippen LogP contribution in [-0.2, 0) is 28.4 Å². The molecule has 0 aliphatic carbocycles. The summed E-state index contributed by atoms with van der Waals surface area (Å²) < 4.78 is 14.8. The van der Waals surface area contributed by atoms with Gasteiger partial charge in [-0.2, -0.15) is 0 Å². The third kappa shape index (κ3) is 5.90. The number of imide groups is 1. The fourth-order valence-corrected chi connectivity index (χ4v) is 8.50. The number of furan rings is 1. The van der Waals surface area contributed by atoms with E-state index in [4.69, 9.17) is 19.1 Å². The van der Waals surface area contributed by atoms with Crippen molar-refractivity contribution in [3.63, 3.8) is 0 Å². The first-order valence-corrected chi connectivity index (χ1v) is 19.1. The Hall–Kier alpha value is -7.11. The number of carbonyl (C=O) groups is 3. The second-order valence-corrected chi connectivity index (χ2v) is 15.0. The highest BCUT2D eigenvalue weighted by atomic mass is 16.5. The molecule has 2 N–H and O–H groups in total. The van der Waals surface area contributed by atoms with Gasteiger partial charge in [-0.25, -0.2) is 9.78 Å². The molecule has 3 atom stereocenters. The summed E-state index contributed by atoms with van der Waals surface area (Å²) in [6.07, 6.45) is 6.77. The Labute approximate surface area is 330 Å². The van der Waals surface area contributed by atoms with E-state index in [0.29, 0.717) is 36.5 Å². The van der Waals surface area contributed by atoms with Crippen molar-refractivity contribution in [3.8, 4) is 34.4 Å². The number of morpholine rings is 1. The Morgan fingerprint density at radius 3 is 2.60 bits per heavy atom. The first-order chi connectivity index (χ1) is 28.2. The molecule has 10 rings (SSSR count). The SMILES string of the molecule is Cn1c(=O)n(C)c2c(N3C4COCC3C4)nc(-c3cccc4cc(-c5ccc(C(=O)NCC#Cc6ccc7occ(C8CCC(=O)NC8=O)c7c6)nc5)ncc34)cc21. The van der Waals surface area contributed by atoms with Crippen LogP contribution in [0.15, 0.2) is 88.5 Å². The zero-order valence-electron chi connectivity index (χ0n) is 31.6. The number of carbonyl (C=O) groups excluding carboxylic acids is 3. The number of nitrogens with one attached hydrogen (secondary N) is 2. The van der Waals surface area contributed by atoms with Crippen molar-refractivity contribution >= 4 is 56.3 Å². The van der Waals surface area contributed by atoms with Gasteiger partial charge >= 0.3 is 5.69 Å². The lowest BCUT2D eigenvalue weighted by Crippen LogP contribution is -2.64. The van der Waals surface area contributed by atoms with E-state index >= 15 is 0 Å². The molecule has 2 bridgehead atoms. The van der Waals surface area contributed by atoms with Crippen LogP contribution in [0.4, 0.5) is 5.82 Å². The third-order valence-electron chi connectivity index (χ3n) is 11.5. The minimum atomic E-state index is -0.469. The van der Waals surface area contributed by atoms with Gasteiger partial charge in [-0.3, -0.25) is 38.8 Å². The van der Waals surface area contributed by atoms with E-state index in [2.05, 4.69) is 32.4 Å². The minimum Gasteiger partial charge on any atom is -0.464 e. The number of hydrogen-bond donors (Lipinski definition) is 2. The summed E-state index contributed by atoms with van der Waals surface area (Å²) in [4.78, 5) is 66.9. The lowest BCUT2D eigenvalue weighted by molar-refractivity contribution is -0.134. The first kappa shape index (κ1) is 35.3. The number of aromatic nitrogens is 5. The molecular weight excluding hydrogens is 737 g/mol. The quantitative estimate of drug-likeness (QED) is 0.181. The van der Waals surface area contributed by atoms with E-state index in [1.165, 1.54) is 0 Å². The number of amides is 3. The molecule has 3 aliphatic heterocycles. The molecule has 8 heterocycles. The van der Waals surface area contributed by atoms with Gasteiger partial charge in [0.05, 0.1) is 60.9 Å². The molecule has 3 unspecified atom stereocenters. The molecule has 288 valence electrons. The van der Waals surface area contributed by atoms with Gasteiger partial charge in [0.25, 0.3) is 5.91 Å². The van der Waals surface area contributed by atoms with E-state index in [0.717, 1.165) is 61.8 Å². The zero-order valence-corrected chi connectivity index (χ0v) is 31.6. The van der Waals surface area contributed by atoms with Crippen molar-refractivity contribution in [2.75, 3.05) is 24.7 Å². The van der Waals surface area contributed by atoms with Crippen LogP contribution in [0.3, 0.4) is 0 Å². The van der Waals surface area contributed by atoms with Crippen molar-refractivity contribution < 1.29 is 23.5 Å². The van der Waals surface area contributed by atoms with E-state index in [-0.39, 0.29) is 54.2 Å². The maximum atomic E-state index is 13.1. The summed E-state index contributed by atoms with van der Waals surface area (Å²) in [6, 6.07) is 19.4. The average Bonchev–Trinajstić information content (AvgIpc) is 3.75. The predicted octanol–water partition coefficient (Wildman–Crippen LogP) is 4.57. The highest BCUT2D eigenvalue weighted by Gasteiger charge is 2.44. The van der Waals surface area contributed by atoms with Crippen LogP contribution in [-0.4, -0.2) is 73.6 Å². The van der Waals surface area contributed by atoms with Crippen LogP contribution in [0.1, 0.15) is 46.8 Å². The van der Waals surface area contributed by atoms with Gasteiger partial charge in [-0.05, 0) is 60.7 Å². The number of ether oxygens (including phenoxy) is 1. The van der Waals surface area contributed by atoms with Crippen LogP contribution in [0.2, 0.25) is 0 Å². The van der Waals surface area contributed by atoms with Gasteiger partial charge < -0.3 is 19.4 Å². The van der Waals surface area contributed by atoms with Gasteiger partial charge in [0.15, 0.2) is 5.82 Å². The number of benzene rings is 2. The van der Waals surface area contributed by atoms with Crippen molar-refractivity contribution in [1.29, 1.82) is 0 Å². The second-order valence-electron chi connectivity index (χ2n) is 15.0. The molecule has 58 heavy (non-hydrogen) atoms. The fraction of sp³-hybridized carbons (Fsp3) is 0.250. The number of nitrogens with zero attached hydrogens (tertiary/aromatic N) is 6. The van der Waals surface area contributed by atoms with Crippen molar-refractivity contribution in [3.05, 3.63) is 107 Å². The summed E-state index contributed by atoms with van der Waals surface area (Å²) >= 11 is 0. The van der Waals surface area contributed by atoms with Gasteiger partial charge in [0.2, 0.25) is 11.8 Å². The van der Waals surface area contributed by atoms with E-state index < -0.39 is 5.92 Å². The number of imidazole rings is 1. The minimum absolute atomic E-state index is 0.0950. The maximum absolute atomic E-state index is 13.1. The number of anilines is 1. The fourth-order valence-electron chi connectivity index (χ4n) is 8.50. The Bertz CT molecular complexity index is 2970. The van der Waals surface area contributed by atoms with Crippen LogP contribution in [0, 0.1) is 11.8 Å². The van der Waals surface area contributed by atoms with Crippen LogP contribution < -0.4 is 21.2 Å². The highest BCUT2D eigenvalue weighted by molar-refractivity contribution is 6.03. The van der Waals surface area contributed by atoms with Crippen molar-refractivity contribution in [2.24, 2.45) is 14.1 Å². The summed E-state index contributed by atoms with van der Waals surface area (Å²) in [5.41, 5.74) is 6.94. The molecule has 3 fully saturated rings. The van der Waals surface area contributed by atoms with Gasteiger partial charge in [-0.1, -0.05) is 30.0 Å². The molecule has 3 aliphatic rings. The standard InChI is InChI=1S/C44H36N8O6/c1-50-37-18-36(48-41(40(37)51(2)44(50)56)52-27-17-28(52)22-57-21-27)29-7-3-6-25-16-35(47-20-32(25)29)26-9-11-34(46-19-26)43(55)45-14-4-5-24-8-12-38-31(15-24)33(23-58-38)30-10-13-39(53)49-42(30)54/h3,6-9,11-12,15-16,18-20,23,27-28,30H,10,13-14,17,21-22H2,1-2H3,(H,45,55)(H,49,53,54).